The van der Waals surface area contributed by atoms with Crippen LogP contribution in [0.15, 0.2) is 47.0 Å². The molecule has 140 valence electrons. The number of nitrogens with zero attached hydrogens (tertiary/aromatic N) is 3. The van der Waals surface area contributed by atoms with Gasteiger partial charge in [0.25, 0.3) is 0 Å². The van der Waals surface area contributed by atoms with Crippen molar-refractivity contribution in [2.45, 2.75) is 26.7 Å². The van der Waals surface area contributed by atoms with Gasteiger partial charge in [-0.05, 0) is 49.7 Å². The average Bonchev–Trinajstić information content (AvgIpc) is 3.13. The highest BCUT2D eigenvalue weighted by atomic mass is 19.1. The van der Waals surface area contributed by atoms with Crippen LogP contribution in [-0.2, 0) is 11.2 Å². The summed E-state index contributed by atoms with van der Waals surface area (Å²) in [5.74, 6) is -0.248. The lowest BCUT2D eigenvalue weighted by atomic mass is 10.1. The Labute approximate surface area is 155 Å². The molecule has 5 nitrogen and oxygen atoms in total. The third-order valence-electron chi connectivity index (χ3n) is 4.21. The largest absolute Gasteiger partial charge is 0.339 e. The fourth-order valence-electron chi connectivity index (χ4n) is 2.68. The number of amides is 1. The van der Waals surface area contributed by atoms with Crippen molar-refractivity contribution in [3.63, 3.8) is 0 Å². The first-order chi connectivity index (χ1) is 13.0. The first kappa shape index (κ1) is 18.7. The molecule has 1 amide bonds. The van der Waals surface area contributed by atoms with Crippen LogP contribution in [0.2, 0.25) is 0 Å². The normalized spacial score (nSPS) is 10.8. The molecule has 0 N–H and O–H groups in total. The van der Waals surface area contributed by atoms with Crippen molar-refractivity contribution < 1.29 is 18.1 Å². The molecular formula is C20H19F2N3O2. The maximum absolute atomic E-state index is 13.7. The van der Waals surface area contributed by atoms with Crippen molar-refractivity contribution in [2.75, 3.05) is 11.4 Å². The Hall–Kier alpha value is -3.09. The van der Waals surface area contributed by atoms with E-state index in [2.05, 4.69) is 10.1 Å². The quantitative estimate of drug-likeness (QED) is 0.648. The molecule has 3 rings (SSSR count). The number of anilines is 1. The minimum absolute atomic E-state index is 0.134. The van der Waals surface area contributed by atoms with Gasteiger partial charge in [-0.3, -0.25) is 4.79 Å². The van der Waals surface area contributed by atoms with Crippen molar-refractivity contribution in [2.24, 2.45) is 0 Å². The summed E-state index contributed by atoms with van der Waals surface area (Å²) in [6.07, 6.45) is 0.424. The maximum Gasteiger partial charge on any atom is 0.227 e. The summed E-state index contributed by atoms with van der Waals surface area (Å²) in [7, 11) is 0. The molecule has 0 spiro atoms. The summed E-state index contributed by atoms with van der Waals surface area (Å²) in [5.41, 5.74) is 1.68. The van der Waals surface area contributed by atoms with Gasteiger partial charge in [-0.1, -0.05) is 17.3 Å². The minimum atomic E-state index is -0.354. The monoisotopic (exact) mass is 371 g/mol. The zero-order chi connectivity index (χ0) is 19.4. The second-order valence-electron chi connectivity index (χ2n) is 6.09. The smallest absolute Gasteiger partial charge is 0.227 e. The second kappa shape index (κ2) is 8.07. The third-order valence-corrected chi connectivity index (χ3v) is 4.21. The molecule has 27 heavy (non-hydrogen) atoms. The van der Waals surface area contributed by atoms with Gasteiger partial charge < -0.3 is 9.42 Å². The van der Waals surface area contributed by atoms with E-state index in [0.717, 1.165) is 0 Å². The molecule has 2 aromatic carbocycles. The van der Waals surface area contributed by atoms with E-state index in [0.29, 0.717) is 29.2 Å². The van der Waals surface area contributed by atoms with Gasteiger partial charge in [0.2, 0.25) is 17.6 Å². The Morgan fingerprint density at radius 3 is 2.56 bits per heavy atom. The Morgan fingerprint density at radius 1 is 1.15 bits per heavy atom. The number of carbonyl (C=O) groups excluding carboxylic acids is 1. The maximum atomic E-state index is 13.7. The Balaban J connectivity index is 1.65. The lowest BCUT2D eigenvalue weighted by molar-refractivity contribution is -0.118. The topological polar surface area (TPSA) is 59.2 Å². The van der Waals surface area contributed by atoms with E-state index >= 15 is 0 Å². The summed E-state index contributed by atoms with van der Waals surface area (Å²) in [5, 5.41) is 3.85. The van der Waals surface area contributed by atoms with E-state index in [1.165, 1.54) is 18.2 Å². The number of benzene rings is 2. The Kier molecular flexibility index (Phi) is 5.59. The molecule has 0 unspecified atom stereocenters. The van der Waals surface area contributed by atoms with Crippen LogP contribution in [0.3, 0.4) is 0 Å². The zero-order valence-corrected chi connectivity index (χ0v) is 15.1. The van der Waals surface area contributed by atoms with Crippen LogP contribution in [0.1, 0.15) is 24.8 Å². The first-order valence-electron chi connectivity index (χ1n) is 8.63. The van der Waals surface area contributed by atoms with Gasteiger partial charge in [0.05, 0.1) is 0 Å². The summed E-state index contributed by atoms with van der Waals surface area (Å²) < 4.78 is 31.9. The van der Waals surface area contributed by atoms with E-state index in [1.54, 1.807) is 36.1 Å². The predicted octanol–water partition coefficient (Wildman–Crippen LogP) is 4.31. The summed E-state index contributed by atoms with van der Waals surface area (Å²) in [6, 6.07) is 10.5. The van der Waals surface area contributed by atoms with Crippen LogP contribution < -0.4 is 4.90 Å². The second-order valence-corrected chi connectivity index (χ2v) is 6.09. The fraction of sp³-hybridized carbons (Fsp3) is 0.250. The number of halogens is 2. The first-order valence-corrected chi connectivity index (χ1v) is 8.63. The van der Waals surface area contributed by atoms with Crippen molar-refractivity contribution in [3.8, 4) is 11.4 Å². The number of hydrogen-bond donors (Lipinski definition) is 0. The number of rotatable bonds is 6. The van der Waals surface area contributed by atoms with Gasteiger partial charge in [-0.15, -0.1) is 0 Å². The number of carbonyl (C=O) groups is 1. The number of aromatic nitrogens is 2. The molecule has 3 aromatic rings. The Morgan fingerprint density at radius 2 is 1.89 bits per heavy atom. The van der Waals surface area contributed by atoms with Gasteiger partial charge in [0.15, 0.2) is 0 Å². The van der Waals surface area contributed by atoms with Crippen LogP contribution in [0.25, 0.3) is 11.4 Å². The lowest BCUT2D eigenvalue weighted by Gasteiger charge is -2.20. The molecule has 0 saturated carbocycles. The van der Waals surface area contributed by atoms with Gasteiger partial charge in [0.1, 0.15) is 11.6 Å². The summed E-state index contributed by atoms with van der Waals surface area (Å²) in [6.45, 7) is 3.98. The minimum Gasteiger partial charge on any atom is -0.339 e. The molecule has 0 aliphatic heterocycles. The van der Waals surface area contributed by atoms with Crippen LogP contribution >= 0.6 is 0 Å². The van der Waals surface area contributed by atoms with E-state index in [4.69, 9.17) is 4.52 Å². The zero-order valence-electron chi connectivity index (χ0n) is 15.1. The van der Waals surface area contributed by atoms with E-state index in [1.807, 2.05) is 6.92 Å². The van der Waals surface area contributed by atoms with Gasteiger partial charge >= 0.3 is 0 Å². The van der Waals surface area contributed by atoms with E-state index < -0.39 is 0 Å². The van der Waals surface area contributed by atoms with Crippen LogP contribution in [0, 0.1) is 18.6 Å². The van der Waals surface area contributed by atoms with E-state index in [9.17, 15) is 13.6 Å². The molecule has 0 fully saturated rings. The third kappa shape index (κ3) is 4.36. The Bertz CT molecular complexity index is 939. The highest BCUT2D eigenvalue weighted by Crippen LogP contribution is 2.20. The highest BCUT2D eigenvalue weighted by molar-refractivity contribution is 5.93. The summed E-state index contributed by atoms with van der Waals surface area (Å²) >= 11 is 0. The van der Waals surface area contributed by atoms with Crippen LogP contribution in [0.4, 0.5) is 14.5 Å². The van der Waals surface area contributed by atoms with Crippen LogP contribution in [0.5, 0.6) is 0 Å². The molecule has 0 bridgehead atoms. The fourth-order valence-corrected chi connectivity index (χ4v) is 2.68. The lowest BCUT2D eigenvalue weighted by Crippen LogP contribution is -2.30. The predicted molar refractivity (Wildman–Crippen MR) is 97.2 cm³/mol. The van der Waals surface area contributed by atoms with Gasteiger partial charge in [0, 0.05) is 30.6 Å². The van der Waals surface area contributed by atoms with Crippen LogP contribution in [-0.4, -0.2) is 22.6 Å². The number of hydrogen-bond acceptors (Lipinski definition) is 4. The standard InChI is InChI=1S/C20H19F2N3O2/c1-3-25(16-8-6-15(21)7-9-16)19(26)11-10-18-23-20(24-27-18)14-5-4-13(2)17(22)12-14/h4-9,12H,3,10-11H2,1-2H3. The van der Waals surface area contributed by atoms with Gasteiger partial charge in [-0.25, -0.2) is 8.78 Å². The average molecular weight is 371 g/mol. The molecule has 0 radical (unpaired) electrons. The van der Waals surface area contributed by atoms with Crippen molar-refractivity contribution in [1.29, 1.82) is 0 Å². The molecule has 1 heterocycles. The highest BCUT2D eigenvalue weighted by Gasteiger charge is 2.16. The molecule has 7 heteroatoms. The molecule has 1 aromatic heterocycles. The molecule has 0 atom stereocenters. The summed E-state index contributed by atoms with van der Waals surface area (Å²) in [4.78, 5) is 18.3. The van der Waals surface area contributed by atoms with Crippen molar-refractivity contribution in [1.82, 2.24) is 10.1 Å². The molecular weight excluding hydrogens is 352 g/mol. The number of aryl methyl sites for hydroxylation is 2. The molecule has 0 aliphatic carbocycles. The SMILES string of the molecule is CCN(C(=O)CCc1nc(-c2ccc(C)c(F)c2)no1)c1ccc(F)cc1. The molecule has 0 aliphatic rings. The molecule has 0 saturated heterocycles. The van der Waals surface area contributed by atoms with Crippen molar-refractivity contribution in [3.05, 3.63) is 65.6 Å². The van der Waals surface area contributed by atoms with Gasteiger partial charge in [-0.2, -0.15) is 4.98 Å². The van der Waals surface area contributed by atoms with E-state index in [-0.39, 0.29) is 36.2 Å². The van der Waals surface area contributed by atoms with Crippen molar-refractivity contribution >= 4 is 11.6 Å².